The summed E-state index contributed by atoms with van der Waals surface area (Å²) < 4.78 is 5.60. The predicted molar refractivity (Wildman–Crippen MR) is 84.0 cm³/mol. The van der Waals surface area contributed by atoms with Crippen molar-refractivity contribution in [2.45, 2.75) is 26.3 Å². The van der Waals surface area contributed by atoms with Crippen LogP contribution in [-0.2, 0) is 4.74 Å². The lowest BCUT2D eigenvalue weighted by atomic mass is 9.88. The highest BCUT2D eigenvalue weighted by atomic mass is 16.5. The smallest absolute Gasteiger partial charge is 0.0513 e. The zero-order chi connectivity index (χ0) is 13.9. The van der Waals surface area contributed by atoms with Gasteiger partial charge in [0.15, 0.2) is 0 Å². The zero-order valence-corrected chi connectivity index (χ0v) is 12.4. The van der Waals surface area contributed by atoms with E-state index in [1.54, 1.807) is 0 Å². The van der Waals surface area contributed by atoms with Gasteiger partial charge >= 0.3 is 0 Å². The van der Waals surface area contributed by atoms with E-state index in [4.69, 9.17) is 4.74 Å². The lowest BCUT2D eigenvalue weighted by Crippen LogP contribution is -2.28. The largest absolute Gasteiger partial charge is 0.381 e. The van der Waals surface area contributed by atoms with Gasteiger partial charge in [0.2, 0.25) is 0 Å². The van der Waals surface area contributed by atoms with Crippen molar-refractivity contribution in [3.8, 4) is 0 Å². The Bertz CT molecular complexity index is 587. The Hall–Kier alpha value is -1.38. The molecule has 2 atom stereocenters. The fourth-order valence-electron chi connectivity index (χ4n) is 3.31. The third-order valence-electron chi connectivity index (χ3n) is 4.37. The number of hydrogen-bond acceptors (Lipinski definition) is 2. The van der Waals surface area contributed by atoms with E-state index in [1.165, 1.54) is 21.9 Å². The van der Waals surface area contributed by atoms with E-state index in [1.807, 2.05) is 0 Å². The Kier molecular flexibility index (Phi) is 4.04. The molecule has 1 fully saturated rings. The van der Waals surface area contributed by atoms with Gasteiger partial charge in [-0.15, -0.1) is 0 Å². The van der Waals surface area contributed by atoms with Gasteiger partial charge < -0.3 is 10.1 Å². The van der Waals surface area contributed by atoms with Gasteiger partial charge in [-0.1, -0.05) is 43.3 Å². The molecule has 2 aromatic rings. The highest BCUT2D eigenvalue weighted by Gasteiger charge is 2.27. The summed E-state index contributed by atoms with van der Waals surface area (Å²) >= 11 is 0. The van der Waals surface area contributed by atoms with Crippen molar-refractivity contribution in [2.75, 3.05) is 19.8 Å². The number of aryl methyl sites for hydroxylation is 1. The maximum absolute atomic E-state index is 5.60. The molecule has 0 saturated carbocycles. The molecule has 1 saturated heterocycles. The molecule has 1 heterocycles. The first-order valence-corrected chi connectivity index (χ1v) is 7.60. The first-order valence-electron chi connectivity index (χ1n) is 7.60. The summed E-state index contributed by atoms with van der Waals surface area (Å²) in [5.74, 6) is 0.584. The lowest BCUT2D eigenvalue weighted by molar-refractivity contribution is 0.177. The number of hydrogen-bond donors (Lipinski definition) is 1. The maximum atomic E-state index is 5.60. The second kappa shape index (κ2) is 5.94. The van der Waals surface area contributed by atoms with Gasteiger partial charge in [-0.05, 0) is 41.8 Å². The quantitative estimate of drug-likeness (QED) is 0.910. The first kappa shape index (κ1) is 13.6. The summed E-state index contributed by atoms with van der Waals surface area (Å²) in [7, 11) is 0. The van der Waals surface area contributed by atoms with E-state index in [0.29, 0.717) is 12.0 Å². The van der Waals surface area contributed by atoms with Gasteiger partial charge in [0.25, 0.3) is 0 Å². The third-order valence-corrected chi connectivity index (χ3v) is 4.37. The van der Waals surface area contributed by atoms with Crippen LogP contribution in [0.4, 0.5) is 0 Å². The van der Waals surface area contributed by atoms with Gasteiger partial charge in [-0.2, -0.15) is 0 Å². The molecule has 1 aliphatic heterocycles. The molecule has 0 radical (unpaired) electrons. The molecule has 2 nitrogen and oxygen atoms in total. The molecule has 0 aliphatic carbocycles. The monoisotopic (exact) mass is 269 g/mol. The number of fused-ring (bicyclic) bond motifs is 1. The van der Waals surface area contributed by atoms with Crippen LogP contribution in [0.25, 0.3) is 10.8 Å². The van der Waals surface area contributed by atoms with Crippen molar-refractivity contribution >= 4 is 10.8 Å². The van der Waals surface area contributed by atoms with Gasteiger partial charge in [0, 0.05) is 18.6 Å². The van der Waals surface area contributed by atoms with Crippen LogP contribution in [0.15, 0.2) is 36.4 Å². The normalized spacial score (nSPS) is 20.4. The SMILES string of the molecule is CCNC(c1ccc(C)c2ccccc12)C1CCOC1. The zero-order valence-electron chi connectivity index (χ0n) is 12.4. The maximum Gasteiger partial charge on any atom is 0.0513 e. The molecular weight excluding hydrogens is 246 g/mol. The molecule has 106 valence electrons. The van der Waals surface area contributed by atoms with Crippen LogP contribution in [-0.4, -0.2) is 19.8 Å². The van der Waals surface area contributed by atoms with Crippen molar-refractivity contribution in [1.29, 1.82) is 0 Å². The minimum absolute atomic E-state index is 0.396. The lowest BCUT2D eigenvalue weighted by Gasteiger charge is -2.25. The molecule has 0 amide bonds. The van der Waals surface area contributed by atoms with Gasteiger partial charge in [-0.3, -0.25) is 0 Å². The molecule has 0 aromatic heterocycles. The summed E-state index contributed by atoms with van der Waals surface area (Å²) in [6, 6.07) is 13.7. The Morgan fingerprint density at radius 2 is 2.00 bits per heavy atom. The molecule has 20 heavy (non-hydrogen) atoms. The van der Waals surface area contributed by atoms with E-state index in [-0.39, 0.29) is 0 Å². The second-order valence-electron chi connectivity index (χ2n) is 5.68. The minimum Gasteiger partial charge on any atom is -0.381 e. The summed E-state index contributed by atoms with van der Waals surface area (Å²) in [5.41, 5.74) is 2.77. The average Bonchev–Trinajstić information content (AvgIpc) is 3.00. The van der Waals surface area contributed by atoms with E-state index >= 15 is 0 Å². The second-order valence-corrected chi connectivity index (χ2v) is 5.68. The predicted octanol–water partition coefficient (Wildman–Crippen LogP) is 3.84. The average molecular weight is 269 g/mol. The van der Waals surface area contributed by atoms with Crippen molar-refractivity contribution in [3.05, 3.63) is 47.5 Å². The van der Waals surface area contributed by atoms with Crippen LogP contribution in [0.5, 0.6) is 0 Å². The molecule has 1 aliphatic rings. The Morgan fingerprint density at radius 3 is 2.70 bits per heavy atom. The minimum atomic E-state index is 0.396. The van der Waals surface area contributed by atoms with Crippen molar-refractivity contribution in [3.63, 3.8) is 0 Å². The number of rotatable bonds is 4. The van der Waals surface area contributed by atoms with Crippen LogP contribution in [0.1, 0.15) is 30.5 Å². The molecule has 2 aromatic carbocycles. The summed E-state index contributed by atoms with van der Waals surface area (Å²) in [5, 5.41) is 6.42. The first-order chi connectivity index (χ1) is 9.81. The third kappa shape index (κ3) is 2.46. The van der Waals surface area contributed by atoms with Crippen LogP contribution in [0, 0.1) is 12.8 Å². The number of ether oxygens (including phenoxy) is 1. The van der Waals surface area contributed by atoms with E-state index in [2.05, 4.69) is 55.6 Å². The van der Waals surface area contributed by atoms with Crippen molar-refractivity contribution < 1.29 is 4.74 Å². The van der Waals surface area contributed by atoms with Crippen LogP contribution in [0.2, 0.25) is 0 Å². The van der Waals surface area contributed by atoms with Crippen LogP contribution in [0.3, 0.4) is 0 Å². The Morgan fingerprint density at radius 1 is 1.20 bits per heavy atom. The standard InChI is InChI=1S/C18H23NO/c1-3-19-18(14-10-11-20-12-14)17-9-8-13(2)15-6-4-5-7-16(15)17/h4-9,14,18-19H,3,10-12H2,1-2H3. The molecule has 0 bridgehead atoms. The summed E-state index contributed by atoms with van der Waals surface area (Å²) in [6.45, 7) is 7.13. The number of benzene rings is 2. The highest BCUT2D eigenvalue weighted by Crippen LogP contribution is 2.34. The summed E-state index contributed by atoms with van der Waals surface area (Å²) in [6.07, 6.45) is 1.15. The molecule has 1 N–H and O–H groups in total. The Balaban J connectivity index is 2.08. The topological polar surface area (TPSA) is 21.3 Å². The summed E-state index contributed by atoms with van der Waals surface area (Å²) in [4.78, 5) is 0. The van der Waals surface area contributed by atoms with Crippen molar-refractivity contribution in [1.82, 2.24) is 5.32 Å². The highest BCUT2D eigenvalue weighted by molar-refractivity contribution is 5.89. The molecular formula is C18H23NO. The van der Waals surface area contributed by atoms with Gasteiger partial charge in [0.05, 0.1) is 6.61 Å². The fourth-order valence-corrected chi connectivity index (χ4v) is 3.31. The number of nitrogens with one attached hydrogen (secondary N) is 1. The van der Waals surface area contributed by atoms with E-state index < -0.39 is 0 Å². The molecule has 0 spiro atoms. The molecule has 2 heteroatoms. The van der Waals surface area contributed by atoms with Gasteiger partial charge in [0.1, 0.15) is 0 Å². The van der Waals surface area contributed by atoms with E-state index in [0.717, 1.165) is 26.2 Å². The van der Waals surface area contributed by atoms with E-state index in [9.17, 15) is 0 Å². The molecule has 2 unspecified atom stereocenters. The molecule has 3 rings (SSSR count). The van der Waals surface area contributed by atoms with Crippen molar-refractivity contribution in [2.24, 2.45) is 5.92 Å². The van der Waals surface area contributed by atoms with Gasteiger partial charge in [-0.25, -0.2) is 0 Å². The van der Waals surface area contributed by atoms with Crippen LogP contribution >= 0.6 is 0 Å². The van der Waals surface area contributed by atoms with Crippen LogP contribution < -0.4 is 5.32 Å². The Labute approximate surface area is 121 Å². The fraction of sp³-hybridized carbons (Fsp3) is 0.444.